The summed E-state index contributed by atoms with van der Waals surface area (Å²) in [5.41, 5.74) is 3.70. The van der Waals surface area contributed by atoms with Crippen LogP contribution in [0, 0.1) is 12.7 Å². The summed E-state index contributed by atoms with van der Waals surface area (Å²) in [7, 11) is -3.52. The average molecular weight is 500 g/mol. The van der Waals surface area contributed by atoms with Crippen molar-refractivity contribution in [3.8, 4) is 28.1 Å². The Bertz CT molecular complexity index is 1250. The molecule has 3 rings (SSSR count). The van der Waals surface area contributed by atoms with E-state index in [1.54, 1.807) is 26.0 Å². The SMILES string of the molecule is CCC(C(=O)Oc1c(-c2ccc(F)cc2C)cc(-c2ccccc2)nc1C(C)C)(C(C)O)[PH](=O)O. The van der Waals surface area contributed by atoms with E-state index in [1.807, 2.05) is 44.2 Å². The quantitative estimate of drug-likeness (QED) is 0.296. The number of pyridine rings is 1. The Morgan fingerprint density at radius 2 is 1.77 bits per heavy atom. The largest absolute Gasteiger partial charge is 0.423 e. The number of halogens is 1. The van der Waals surface area contributed by atoms with Crippen LogP contribution in [-0.4, -0.2) is 32.2 Å². The van der Waals surface area contributed by atoms with E-state index in [4.69, 9.17) is 9.72 Å². The van der Waals surface area contributed by atoms with Crippen LogP contribution in [0.25, 0.3) is 22.4 Å². The zero-order valence-corrected chi connectivity index (χ0v) is 21.5. The van der Waals surface area contributed by atoms with Gasteiger partial charge in [0, 0.05) is 11.1 Å². The van der Waals surface area contributed by atoms with E-state index in [9.17, 15) is 23.7 Å². The Morgan fingerprint density at radius 1 is 1.11 bits per heavy atom. The number of hydrogen-bond acceptors (Lipinski definition) is 5. The predicted octanol–water partition coefficient (Wildman–Crippen LogP) is 5.89. The number of carbonyl (C=O) groups excluding carboxylic acids is 1. The summed E-state index contributed by atoms with van der Waals surface area (Å²) < 4.78 is 32.1. The molecular formula is C27H31FNO5P. The van der Waals surface area contributed by atoms with Gasteiger partial charge in [0.05, 0.1) is 17.5 Å². The fourth-order valence-electron chi connectivity index (χ4n) is 4.15. The molecule has 8 heteroatoms. The maximum Gasteiger partial charge on any atom is 0.329 e. The lowest BCUT2D eigenvalue weighted by atomic mass is 9.94. The van der Waals surface area contributed by atoms with Gasteiger partial charge < -0.3 is 14.7 Å². The third-order valence-corrected chi connectivity index (χ3v) is 8.04. The molecule has 2 aromatic carbocycles. The van der Waals surface area contributed by atoms with E-state index >= 15 is 0 Å². The minimum atomic E-state index is -3.52. The topological polar surface area (TPSA) is 96.7 Å². The number of aromatic nitrogens is 1. The molecule has 0 aliphatic heterocycles. The number of benzene rings is 2. The highest BCUT2D eigenvalue weighted by atomic mass is 31.1. The van der Waals surface area contributed by atoms with E-state index in [-0.39, 0.29) is 18.1 Å². The average Bonchev–Trinajstić information content (AvgIpc) is 2.80. The van der Waals surface area contributed by atoms with Crippen molar-refractivity contribution in [2.45, 2.75) is 58.2 Å². The molecular weight excluding hydrogens is 468 g/mol. The number of ether oxygens (including phenoxy) is 1. The van der Waals surface area contributed by atoms with Gasteiger partial charge in [-0.05, 0) is 55.5 Å². The summed E-state index contributed by atoms with van der Waals surface area (Å²) in [5.74, 6) is -1.46. The summed E-state index contributed by atoms with van der Waals surface area (Å²) in [5, 5.41) is 8.35. The van der Waals surface area contributed by atoms with E-state index in [0.29, 0.717) is 28.1 Å². The third kappa shape index (κ3) is 5.22. The molecule has 3 atom stereocenters. The minimum Gasteiger partial charge on any atom is -0.423 e. The highest BCUT2D eigenvalue weighted by Gasteiger charge is 2.49. The van der Waals surface area contributed by atoms with Gasteiger partial charge in [-0.15, -0.1) is 0 Å². The molecule has 0 fully saturated rings. The molecule has 0 saturated carbocycles. The third-order valence-electron chi connectivity index (χ3n) is 6.31. The van der Waals surface area contributed by atoms with Gasteiger partial charge in [0.15, 0.2) is 10.9 Å². The first-order valence-corrected chi connectivity index (χ1v) is 12.9. The van der Waals surface area contributed by atoms with Crippen LogP contribution in [0.4, 0.5) is 4.39 Å². The lowest BCUT2D eigenvalue weighted by Gasteiger charge is -2.31. The number of hydrogen-bond donors (Lipinski definition) is 2. The first-order chi connectivity index (χ1) is 16.5. The zero-order valence-electron chi connectivity index (χ0n) is 20.5. The molecule has 3 unspecified atom stereocenters. The van der Waals surface area contributed by atoms with Gasteiger partial charge in [0.25, 0.3) is 0 Å². The molecule has 1 aromatic heterocycles. The molecule has 0 aliphatic rings. The fraction of sp³-hybridized carbons (Fsp3) is 0.333. The van der Waals surface area contributed by atoms with Gasteiger partial charge in [-0.25, -0.2) is 9.37 Å². The van der Waals surface area contributed by atoms with Crippen LogP contribution in [-0.2, 0) is 9.36 Å². The van der Waals surface area contributed by atoms with Crippen LogP contribution in [0.3, 0.4) is 0 Å². The van der Waals surface area contributed by atoms with Gasteiger partial charge in [-0.1, -0.05) is 57.2 Å². The second kappa shape index (κ2) is 10.8. The normalized spacial score (nSPS) is 14.9. The lowest BCUT2D eigenvalue weighted by molar-refractivity contribution is -0.140. The number of esters is 1. The van der Waals surface area contributed by atoms with E-state index in [1.165, 1.54) is 19.1 Å². The van der Waals surface area contributed by atoms with Crippen molar-refractivity contribution >= 4 is 14.0 Å². The zero-order chi connectivity index (χ0) is 25.9. The maximum atomic E-state index is 13.9. The number of aliphatic hydroxyl groups excluding tert-OH is 1. The summed E-state index contributed by atoms with van der Waals surface area (Å²) in [6.45, 7) is 8.39. The number of rotatable bonds is 8. The molecule has 2 N–H and O–H groups in total. The number of carbonyl (C=O) groups is 1. The van der Waals surface area contributed by atoms with Crippen molar-refractivity contribution in [3.63, 3.8) is 0 Å². The Morgan fingerprint density at radius 3 is 2.29 bits per heavy atom. The monoisotopic (exact) mass is 499 g/mol. The lowest BCUT2D eigenvalue weighted by Crippen LogP contribution is -2.47. The van der Waals surface area contributed by atoms with Crippen LogP contribution in [0.1, 0.15) is 51.3 Å². The summed E-state index contributed by atoms with van der Waals surface area (Å²) in [4.78, 5) is 28.2. The number of aliphatic hydroxyl groups is 1. The van der Waals surface area contributed by atoms with Gasteiger partial charge >= 0.3 is 5.97 Å². The van der Waals surface area contributed by atoms with Crippen molar-refractivity contribution in [1.82, 2.24) is 4.98 Å². The van der Waals surface area contributed by atoms with Gasteiger partial charge in [-0.2, -0.15) is 0 Å². The molecule has 1 heterocycles. The van der Waals surface area contributed by atoms with Crippen LogP contribution in [0.2, 0.25) is 0 Å². The summed E-state index contributed by atoms with van der Waals surface area (Å²) in [6, 6.07) is 15.6. The predicted molar refractivity (Wildman–Crippen MR) is 135 cm³/mol. The maximum absolute atomic E-state index is 13.9. The first-order valence-electron chi connectivity index (χ1n) is 11.5. The van der Waals surface area contributed by atoms with Gasteiger partial charge in [0.1, 0.15) is 5.82 Å². The van der Waals surface area contributed by atoms with E-state index in [2.05, 4.69) is 0 Å². The van der Waals surface area contributed by atoms with Crippen molar-refractivity contribution in [2.24, 2.45) is 0 Å². The van der Waals surface area contributed by atoms with Crippen LogP contribution in [0.5, 0.6) is 5.75 Å². The van der Waals surface area contributed by atoms with Crippen molar-refractivity contribution in [2.75, 3.05) is 0 Å². The van der Waals surface area contributed by atoms with Crippen LogP contribution < -0.4 is 4.74 Å². The minimum absolute atomic E-state index is 0.0881. The van der Waals surface area contributed by atoms with Crippen molar-refractivity contribution in [1.29, 1.82) is 0 Å². The Hall–Kier alpha value is -2.86. The smallest absolute Gasteiger partial charge is 0.329 e. The first kappa shape index (κ1) is 26.7. The molecule has 186 valence electrons. The second-order valence-electron chi connectivity index (χ2n) is 8.94. The van der Waals surface area contributed by atoms with E-state index in [0.717, 1.165) is 5.56 Å². The Labute approximate surface area is 205 Å². The highest BCUT2D eigenvalue weighted by molar-refractivity contribution is 7.41. The molecule has 0 saturated heterocycles. The molecule has 0 bridgehead atoms. The van der Waals surface area contributed by atoms with Crippen LogP contribution in [0.15, 0.2) is 54.6 Å². The van der Waals surface area contributed by atoms with Gasteiger partial charge in [-0.3, -0.25) is 9.36 Å². The molecule has 35 heavy (non-hydrogen) atoms. The molecule has 0 aliphatic carbocycles. The molecule has 0 spiro atoms. The molecule has 3 aromatic rings. The highest BCUT2D eigenvalue weighted by Crippen LogP contribution is 2.45. The molecule has 6 nitrogen and oxygen atoms in total. The fourth-order valence-corrected chi connectivity index (χ4v) is 5.03. The Balaban J connectivity index is 2.32. The summed E-state index contributed by atoms with van der Waals surface area (Å²) >= 11 is 0. The molecule has 0 amide bonds. The van der Waals surface area contributed by atoms with Gasteiger partial charge in [0.2, 0.25) is 8.03 Å². The van der Waals surface area contributed by atoms with Crippen molar-refractivity contribution < 1.29 is 28.5 Å². The number of nitrogens with zero attached hydrogens (tertiary/aromatic N) is 1. The second-order valence-corrected chi connectivity index (χ2v) is 10.4. The van der Waals surface area contributed by atoms with Crippen LogP contribution >= 0.6 is 8.03 Å². The molecule has 0 radical (unpaired) electrons. The standard InChI is InChI=1S/C27H31FNO5P/c1-6-27(18(5)30,35(32)33)26(31)34-25-22(21-13-12-20(28)14-17(21)4)15-23(29-24(25)16(2)3)19-10-8-7-9-11-19/h7-16,18,30,35H,6H2,1-5H3,(H,32,33). The summed E-state index contributed by atoms with van der Waals surface area (Å²) in [6.07, 6.45) is -1.50. The Kier molecular flexibility index (Phi) is 8.26. The van der Waals surface area contributed by atoms with Crippen molar-refractivity contribution in [3.05, 3.63) is 71.7 Å². The van der Waals surface area contributed by atoms with E-state index < -0.39 is 31.1 Å². The number of aryl methyl sites for hydroxylation is 1.